The highest BCUT2D eigenvalue weighted by Crippen LogP contribution is 2.36. The number of carbonyl (C=O) groups excluding carboxylic acids is 3. The fourth-order valence-corrected chi connectivity index (χ4v) is 5.73. The lowest BCUT2D eigenvalue weighted by atomic mass is 9.80. The number of benzene rings is 2. The number of hydrogen-bond donors (Lipinski definition) is 2. The lowest BCUT2D eigenvalue weighted by Crippen LogP contribution is -2.50. The number of piperazine rings is 1. The number of aromatic nitrogens is 1. The fraction of sp³-hybridized carbons (Fsp3) is 0.438. The Kier molecular flexibility index (Phi) is 10.0. The number of nitrogens with zero attached hydrogens (tertiary/aromatic N) is 3. The molecule has 0 spiro atoms. The predicted molar refractivity (Wildman–Crippen MR) is 171 cm³/mol. The Morgan fingerprint density at radius 1 is 0.932 bits per heavy atom. The van der Waals surface area contributed by atoms with E-state index in [-0.39, 0.29) is 12.1 Å². The van der Waals surface area contributed by atoms with Gasteiger partial charge in [-0.1, -0.05) is 24.3 Å². The Balaban J connectivity index is 1.34. The van der Waals surface area contributed by atoms with Crippen LogP contribution in [0.5, 0.6) is 5.75 Å². The molecule has 1 aliphatic heterocycles. The highest BCUT2D eigenvalue weighted by atomic mass is 32.1. The van der Waals surface area contributed by atoms with Crippen LogP contribution in [-0.4, -0.2) is 74.0 Å². The molecule has 0 saturated carbocycles. The Hall–Kier alpha value is -4.32. The van der Waals surface area contributed by atoms with Gasteiger partial charge in [0.2, 0.25) is 0 Å². The summed E-state index contributed by atoms with van der Waals surface area (Å²) in [5.74, 6) is 0.200. The van der Waals surface area contributed by atoms with Gasteiger partial charge in [0.05, 0.1) is 26.0 Å². The Morgan fingerprint density at radius 3 is 2.14 bits per heavy atom. The Labute approximate surface area is 262 Å². The maximum atomic E-state index is 12.9. The molecule has 0 radical (unpaired) electrons. The van der Waals surface area contributed by atoms with Crippen LogP contribution in [0.3, 0.4) is 0 Å². The van der Waals surface area contributed by atoms with E-state index in [4.69, 9.17) is 14.2 Å². The van der Waals surface area contributed by atoms with Crippen LogP contribution in [0, 0.1) is 0 Å². The maximum absolute atomic E-state index is 12.9. The average molecular weight is 624 g/mol. The summed E-state index contributed by atoms with van der Waals surface area (Å²) in [6.45, 7) is 11.8. The van der Waals surface area contributed by atoms with Crippen LogP contribution in [-0.2, 0) is 19.7 Å². The first-order valence-electron chi connectivity index (χ1n) is 14.4. The zero-order valence-electron chi connectivity index (χ0n) is 26.3. The molecular weight excluding hydrogens is 582 g/mol. The molecule has 3 aromatic rings. The van der Waals surface area contributed by atoms with Crippen molar-refractivity contribution in [2.45, 2.75) is 51.7 Å². The minimum Gasteiger partial charge on any atom is -0.497 e. The number of amides is 3. The van der Waals surface area contributed by atoms with Gasteiger partial charge in [0, 0.05) is 37.2 Å². The monoisotopic (exact) mass is 623 g/mol. The van der Waals surface area contributed by atoms with E-state index in [0.717, 1.165) is 11.3 Å². The van der Waals surface area contributed by atoms with Crippen LogP contribution < -0.4 is 20.3 Å². The summed E-state index contributed by atoms with van der Waals surface area (Å²) in [7, 11) is 2.91. The van der Waals surface area contributed by atoms with Crippen LogP contribution in [0.1, 0.15) is 57.5 Å². The van der Waals surface area contributed by atoms with Crippen molar-refractivity contribution >= 4 is 40.2 Å². The number of methoxy groups -OCH3 is 2. The third kappa shape index (κ3) is 7.60. The van der Waals surface area contributed by atoms with E-state index in [2.05, 4.69) is 20.5 Å². The molecule has 2 atom stereocenters. The number of anilines is 2. The molecule has 2 aromatic carbocycles. The molecule has 4 rings (SSSR count). The van der Waals surface area contributed by atoms with Crippen molar-refractivity contribution < 1.29 is 28.6 Å². The van der Waals surface area contributed by atoms with Crippen LogP contribution in [0.25, 0.3) is 0 Å². The molecule has 1 aliphatic rings. The topological polar surface area (TPSA) is 122 Å². The molecule has 1 aromatic heterocycles. The van der Waals surface area contributed by atoms with Gasteiger partial charge in [-0.25, -0.2) is 14.6 Å². The van der Waals surface area contributed by atoms with E-state index >= 15 is 0 Å². The van der Waals surface area contributed by atoms with Gasteiger partial charge >= 0.3 is 18.1 Å². The number of rotatable bonds is 8. The minimum atomic E-state index is -1.18. The number of nitrogens with one attached hydrogen (secondary N) is 2. The summed E-state index contributed by atoms with van der Waals surface area (Å²) in [6, 6.07) is 14.5. The van der Waals surface area contributed by atoms with E-state index in [1.54, 1.807) is 48.6 Å². The summed E-state index contributed by atoms with van der Waals surface area (Å²) in [4.78, 5) is 46.7. The number of esters is 1. The highest BCUT2D eigenvalue weighted by molar-refractivity contribution is 7.14. The van der Waals surface area contributed by atoms with Crippen molar-refractivity contribution in [1.29, 1.82) is 0 Å². The van der Waals surface area contributed by atoms with E-state index < -0.39 is 23.0 Å². The quantitative estimate of drug-likeness (QED) is 0.313. The van der Waals surface area contributed by atoms with Gasteiger partial charge in [-0.3, -0.25) is 10.1 Å². The van der Waals surface area contributed by atoms with Gasteiger partial charge in [-0.15, -0.1) is 11.3 Å². The molecule has 1 saturated heterocycles. The maximum Gasteiger partial charge on any atom is 0.410 e. The van der Waals surface area contributed by atoms with E-state index in [9.17, 15) is 14.4 Å². The van der Waals surface area contributed by atoms with Crippen LogP contribution in [0.2, 0.25) is 0 Å². The first-order valence-corrected chi connectivity index (χ1v) is 15.3. The first kappa shape index (κ1) is 32.6. The molecule has 0 bridgehead atoms. The fourth-order valence-electron chi connectivity index (χ4n) is 4.92. The summed E-state index contributed by atoms with van der Waals surface area (Å²) < 4.78 is 15.8. The van der Waals surface area contributed by atoms with Crippen molar-refractivity contribution in [2.24, 2.45) is 0 Å². The van der Waals surface area contributed by atoms with Crippen molar-refractivity contribution in [1.82, 2.24) is 15.2 Å². The van der Waals surface area contributed by atoms with Gasteiger partial charge in [-0.05, 0) is 70.0 Å². The van der Waals surface area contributed by atoms with Crippen molar-refractivity contribution in [3.63, 3.8) is 0 Å². The number of carbonyl (C=O) groups is 3. The highest BCUT2D eigenvalue weighted by Gasteiger charge is 2.41. The molecule has 236 valence electrons. The molecule has 11 nitrogen and oxygen atoms in total. The summed E-state index contributed by atoms with van der Waals surface area (Å²) >= 11 is 1.23. The van der Waals surface area contributed by atoms with Crippen LogP contribution in [0.4, 0.5) is 20.4 Å². The molecule has 1 fully saturated rings. The van der Waals surface area contributed by atoms with Crippen molar-refractivity contribution in [2.75, 3.05) is 50.6 Å². The number of hydrogen-bond acceptors (Lipinski definition) is 9. The van der Waals surface area contributed by atoms with Gasteiger partial charge in [0.1, 0.15) is 16.8 Å². The lowest BCUT2D eigenvalue weighted by molar-refractivity contribution is -0.145. The average Bonchev–Trinajstić information content (AvgIpc) is 3.48. The second kappa shape index (κ2) is 13.5. The molecular formula is C32H41N5O6S. The molecule has 0 aliphatic carbocycles. The second-order valence-electron chi connectivity index (χ2n) is 11.7. The summed E-state index contributed by atoms with van der Waals surface area (Å²) in [5.41, 5.74) is 1.45. The molecule has 12 heteroatoms. The third-order valence-corrected chi connectivity index (χ3v) is 8.29. The number of thiazole rings is 1. The van der Waals surface area contributed by atoms with Gasteiger partial charge in [0.25, 0.3) is 0 Å². The zero-order valence-corrected chi connectivity index (χ0v) is 27.1. The van der Waals surface area contributed by atoms with Gasteiger partial charge in [0.15, 0.2) is 5.13 Å². The Bertz CT molecular complexity index is 1450. The molecule has 2 N–H and O–H groups in total. The predicted octanol–water partition coefficient (Wildman–Crippen LogP) is 5.57. The van der Waals surface area contributed by atoms with Gasteiger partial charge < -0.3 is 29.3 Å². The summed E-state index contributed by atoms with van der Waals surface area (Å²) in [5, 5.41) is 7.83. The molecule has 44 heavy (non-hydrogen) atoms. The lowest BCUT2D eigenvalue weighted by Gasteiger charge is -2.36. The second-order valence-corrected chi connectivity index (χ2v) is 12.6. The molecule has 2 unspecified atom stereocenters. The first-order chi connectivity index (χ1) is 20.8. The Morgan fingerprint density at radius 2 is 1.57 bits per heavy atom. The number of urea groups is 1. The zero-order chi connectivity index (χ0) is 32.1. The normalized spacial score (nSPS) is 15.5. The van der Waals surface area contributed by atoms with Crippen molar-refractivity contribution in [3.05, 3.63) is 70.7 Å². The third-order valence-electron chi connectivity index (χ3n) is 7.54. The number of ether oxygens (including phenoxy) is 3. The SMILES string of the molecule is COC(=O)C(C)(c1ccc(OC)cc1)c1csc(NC(=O)NC(C)c2ccc(N3CCN(C(=O)OC(C)(C)C)CC3)cc2)n1. The van der Waals surface area contributed by atoms with E-state index in [1.165, 1.54) is 18.4 Å². The van der Waals surface area contributed by atoms with E-state index in [1.807, 2.05) is 52.0 Å². The molecule has 3 amide bonds. The van der Waals surface area contributed by atoms with Gasteiger partial charge in [-0.2, -0.15) is 0 Å². The van der Waals surface area contributed by atoms with Crippen LogP contribution in [0.15, 0.2) is 53.9 Å². The molecule has 2 heterocycles. The minimum absolute atomic E-state index is 0.271. The van der Waals surface area contributed by atoms with Crippen molar-refractivity contribution in [3.8, 4) is 5.75 Å². The van der Waals surface area contributed by atoms with Crippen LogP contribution >= 0.6 is 11.3 Å². The smallest absolute Gasteiger partial charge is 0.410 e. The van der Waals surface area contributed by atoms with E-state index in [0.29, 0.717) is 48.3 Å². The largest absolute Gasteiger partial charge is 0.497 e. The summed E-state index contributed by atoms with van der Waals surface area (Å²) in [6.07, 6.45) is -0.283. The standard InChI is InChI=1S/C32H41N5O6S/c1-21(22-8-12-24(13-9-22)36-16-18-37(19-17-36)30(40)43-31(2,3)4)33-28(39)35-29-34-26(20-44-29)32(5,27(38)42-7)23-10-14-25(41-6)15-11-23/h8-15,20-21H,16-19H2,1-7H3,(H2,33,34,35,39).